The summed E-state index contributed by atoms with van der Waals surface area (Å²) in [5.74, 6) is 0.705. The molecule has 0 aliphatic carbocycles. The summed E-state index contributed by atoms with van der Waals surface area (Å²) in [6, 6.07) is 12.8. The average molecular weight is 378 g/mol. The summed E-state index contributed by atoms with van der Waals surface area (Å²) < 4.78 is 7.40. The molecule has 0 fully saturated rings. The molecule has 0 bridgehead atoms. The molecule has 0 saturated carbocycles. The van der Waals surface area contributed by atoms with E-state index in [1.54, 1.807) is 17.0 Å². The highest BCUT2D eigenvalue weighted by atomic mass is 16.4. The number of carbonyl (C=O) groups excluding carboxylic acids is 2. The lowest BCUT2D eigenvalue weighted by Gasteiger charge is -2.18. The standard InChI is InChI=1S/C21H22N4O3/c1-14-11-19(28-15(14)2)21(27)24-9-6-10-25-17(13-24)12-18(23-25)20(26)22-16-7-4-3-5-8-16/h3-5,7-8,11-12H,6,9-10,13H2,1-2H3,(H,22,26). The second-order valence-corrected chi connectivity index (χ2v) is 6.99. The molecule has 3 heterocycles. The van der Waals surface area contributed by atoms with Crippen LogP contribution in [0.3, 0.4) is 0 Å². The van der Waals surface area contributed by atoms with E-state index in [9.17, 15) is 9.59 Å². The maximum atomic E-state index is 12.8. The third-order valence-corrected chi connectivity index (χ3v) is 4.94. The van der Waals surface area contributed by atoms with Gasteiger partial charge in [0.05, 0.1) is 12.2 Å². The van der Waals surface area contributed by atoms with Crippen LogP contribution in [0.15, 0.2) is 46.9 Å². The fourth-order valence-corrected chi connectivity index (χ4v) is 3.30. The van der Waals surface area contributed by atoms with Crippen molar-refractivity contribution in [1.82, 2.24) is 14.7 Å². The Morgan fingerprint density at radius 3 is 2.61 bits per heavy atom. The number of nitrogens with one attached hydrogen (secondary N) is 1. The van der Waals surface area contributed by atoms with Crippen LogP contribution in [-0.4, -0.2) is 33.0 Å². The van der Waals surface area contributed by atoms with Crippen molar-refractivity contribution in [3.05, 3.63) is 70.9 Å². The third-order valence-electron chi connectivity index (χ3n) is 4.94. The summed E-state index contributed by atoms with van der Waals surface area (Å²) in [7, 11) is 0. The van der Waals surface area contributed by atoms with Crippen LogP contribution in [0.2, 0.25) is 0 Å². The molecule has 7 heteroatoms. The van der Waals surface area contributed by atoms with Crippen LogP contribution in [0.5, 0.6) is 0 Å². The van der Waals surface area contributed by atoms with E-state index in [-0.39, 0.29) is 11.8 Å². The predicted octanol–water partition coefficient (Wildman–Crippen LogP) is 3.39. The highest BCUT2D eigenvalue weighted by Crippen LogP contribution is 2.20. The van der Waals surface area contributed by atoms with Crippen LogP contribution in [0, 0.1) is 13.8 Å². The number of nitrogens with zero attached hydrogens (tertiary/aromatic N) is 3. The van der Waals surface area contributed by atoms with E-state index in [1.807, 2.05) is 48.9 Å². The quantitative estimate of drug-likeness (QED) is 0.758. The van der Waals surface area contributed by atoms with Gasteiger partial charge in [0.2, 0.25) is 0 Å². The molecule has 3 aromatic rings. The lowest BCUT2D eigenvalue weighted by Crippen LogP contribution is -2.30. The molecule has 1 aromatic carbocycles. The molecule has 144 valence electrons. The fourth-order valence-electron chi connectivity index (χ4n) is 3.30. The fraction of sp³-hybridized carbons (Fsp3) is 0.286. The van der Waals surface area contributed by atoms with Crippen LogP contribution in [0.4, 0.5) is 5.69 Å². The van der Waals surface area contributed by atoms with Gasteiger partial charge < -0.3 is 14.6 Å². The normalized spacial score (nSPS) is 13.7. The van der Waals surface area contributed by atoms with E-state index >= 15 is 0 Å². The summed E-state index contributed by atoms with van der Waals surface area (Å²) in [6.45, 7) is 5.44. The number of para-hydroxylation sites is 1. The van der Waals surface area contributed by atoms with Gasteiger partial charge in [0.15, 0.2) is 11.5 Å². The van der Waals surface area contributed by atoms with Crippen molar-refractivity contribution in [2.75, 3.05) is 11.9 Å². The first-order valence-corrected chi connectivity index (χ1v) is 9.30. The summed E-state index contributed by atoms with van der Waals surface area (Å²) in [6.07, 6.45) is 0.763. The third kappa shape index (κ3) is 3.55. The summed E-state index contributed by atoms with van der Waals surface area (Å²) in [5.41, 5.74) is 2.86. The molecule has 1 aliphatic rings. The first-order chi connectivity index (χ1) is 13.5. The Balaban J connectivity index is 1.52. The lowest BCUT2D eigenvalue weighted by atomic mass is 10.2. The number of anilines is 1. The Morgan fingerprint density at radius 2 is 1.89 bits per heavy atom. The first-order valence-electron chi connectivity index (χ1n) is 9.30. The van der Waals surface area contributed by atoms with Crippen molar-refractivity contribution in [3.63, 3.8) is 0 Å². The van der Waals surface area contributed by atoms with Crippen LogP contribution < -0.4 is 5.32 Å². The minimum Gasteiger partial charge on any atom is -0.456 e. The van der Waals surface area contributed by atoms with Gasteiger partial charge in [-0.25, -0.2) is 0 Å². The van der Waals surface area contributed by atoms with Crippen LogP contribution >= 0.6 is 0 Å². The van der Waals surface area contributed by atoms with Crippen molar-refractivity contribution < 1.29 is 14.0 Å². The summed E-state index contributed by atoms with van der Waals surface area (Å²) in [4.78, 5) is 27.1. The van der Waals surface area contributed by atoms with Crippen molar-refractivity contribution in [1.29, 1.82) is 0 Å². The Bertz CT molecular complexity index is 1000. The molecule has 2 aromatic heterocycles. The minimum absolute atomic E-state index is 0.138. The molecule has 1 N–H and O–H groups in total. The van der Waals surface area contributed by atoms with E-state index in [2.05, 4.69) is 10.4 Å². The highest BCUT2D eigenvalue weighted by Gasteiger charge is 2.25. The van der Waals surface area contributed by atoms with Crippen molar-refractivity contribution in [2.24, 2.45) is 0 Å². The zero-order valence-electron chi connectivity index (χ0n) is 15.9. The monoisotopic (exact) mass is 378 g/mol. The molecular formula is C21H22N4O3. The number of hydrogen-bond donors (Lipinski definition) is 1. The molecule has 1 aliphatic heterocycles. The average Bonchev–Trinajstić information content (AvgIpc) is 3.18. The second kappa shape index (κ2) is 7.34. The number of benzene rings is 1. The molecule has 0 spiro atoms. The van der Waals surface area contributed by atoms with Gasteiger partial charge in [-0.3, -0.25) is 14.3 Å². The van der Waals surface area contributed by atoms with Crippen molar-refractivity contribution >= 4 is 17.5 Å². The zero-order chi connectivity index (χ0) is 19.7. The van der Waals surface area contributed by atoms with Gasteiger partial charge in [-0.15, -0.1) is 0 Å². The number of aryl methyl sites for hydroxylation is 3. The Labute approximate surface area is 162 Å². The molecule has 0 atom stereocenters. The van der Waals surface area contributed by atoms with Gasteiger partial charge in [-0.05, 0) is 50.1 Å². The van der Waals surface area contributed by atoms with Crippen LogP contribution in [0.25, 0.3) is 0 Å². The lowest BCUT2D eigenvalue weighted by molar-refractivity contribution is 0.0712. The van der Waals surface area contributed by atoms with Gasteiger partial charge in [-0.2, -0.15) is 5.10 Å². The number of amides is 2. The molecule has 2 amide bonds. The van der Waals surface area contributed by atoms with Gasteiger partial charge in [0.25, 0.3) is 11.8 Å². The summed E-state index contributed by atoms with van der Waals surface area (Å²) >= 11 is 0. The maximum Gasteiger partial charge on any atom is 0.289 e. The van der Waals surface area contributed by atoms with Crippen LogP contribution in [0.1, 0.15) is 44.5 Å². The van der Waals surface area contributed by atoms with Crippen molar-refractivity contribution in [3.8, 4) is 0 Å². The number of hydrogen-bond acceptors (Lipinski definition) is 4. The number of aromatic nitrogens is 2. The number of fused-ring (bicyclic) bond motifs is 1. The molecule has 0 unspecified atom stereocenters. The van der Waals surface area contributed by atoms with E-state index < -0.39 is 0 Å². The Hall–Kier alpha value is -3.35. The van der Waals surface area contributed by atoms with Crippen molar-refractivity contribution in [2.45, 2.75) is 33.4 Å². The molecular weight excluding hydrogens is 356 g/mol. The largest absolute Gasteiger partial charge is 0.456 e. The highest BCUT2D eigenvalue weighted by molar-refractivity contribution is 6.02. The first kappa shape index (κ1) is 18.0. The van der Waals surface area contributed by atoms with E-state index in [4.69, 9.17) is 4.42 Å². The SMILES string of the molecule is Cc1cc(C(=O)N2CCCn3nc(C(=O)Nc4ccccc4)cc3C2)oc1C. The molecule has 7 nitrogen and oxygen atoms in total. The Kier molecular flexibility index (Phi) is 4.73. The number of carbonyl (C=O) groups is 2. The van der Waals surface area contributed by atoms with Gasteiger partial charge >= 0.3 is 0 Å². The molecule has 0 saturated heterocycles. The molecule has 0 radical (unpaired) electrons. The van der Waals surface area contributed by atoms with E-state index in [0.717, 1.165) is 29.1 Å². The van der Waals surface area contributed by atoms with E-state index in [0.29, 0.717) is 31.1 Å². The molecule has 28 heavy (non-hydrogen) atoms. The number of rotatable bonds is 3. The van der Waals surface area contributed by atoms with Gasteiger partial charge in [0.1, 0.15) is 5.76 Å². The Morgan fingerprint density at radius 1 is 1.11 bits per heavy atom. The van der Waals surface area contributed by atoms with Crippen LogP contribution in [-0.2, 0) is 13.1 Å². The minimum atomic E-state index is -0.262. The summed E-state index contributed by atoms with van der Waals surface area (Å²) in [5, 5.41) is 7.28. The predicted molar refractivity (Wildman–Crippen MR) is 104 cm³/mol. The second-order valence-electron chi connectivity index (χ2n) is 6.99. The van der Waals surface area contributed by atoms with E-state index in [1.165, 1.54) is 0 Å². The van der Waals surface area contributed by atoms with Gasteiger partial charge in [-0.1, -0.05) is 18.2 Å². The number of furan rings is 1. The van der Waals surface area contributed by atoms with Gasteiger partial charge in [0, 0.05) is 18.8 Å². The topological polar surface area (TPSA) is 80.4 Å². The smallest absolute Gasteiger partial charge is 0.289 e. The zero-order valence-corrected chi connectivity index (χ0v) is 15.9. The maximum absolute atomic E-state index is 12.8. The molecule has 4 rings (SSSR count).